The van der Waals surface area contributed by atoms with Crippen molar-refractivity contribution in [2.24, 2.45) is 5.92 Å². The molecule has 1 aliphatic carbocycles. The molecule has 0 heterocycles. The van der Waals surface area contributed by atoms with Crippen molar-refractivity contribution in [1.29, 1.82) is 0 Å². The molecular weight excluding hydrogens is 187 g/mol. The minimum atomic E-state index is 0.208. The van der Waals surface area contributed by atoms with Crippen LogP contribution in [0.25, 0.3) is 0 Å². The van der Waals surface area contributed by atoms with Crippen molar-refractivity contribution in [3.8, 4) is 0 Å². The summed E-state index contributed by atoms with van der Waals surface area (Å²) in [7, 11) is 0.208. The number of allylic oxidation sites excluding steroid dienone is 4. The van der Waals surface area contributed by atoms with Crippen LogP contribution in [0, 0.1) is 12.3 Å². The lowest BCUT2D eigenvalue weighted by atomic mass is 9.96. The van der Waals surface area contributed by atoms with Crippen LogP contribution >= 0.6 is 7.92 Å². The van der Waals surface area contributed by atoms with Gasteiger partial charge in [-0.05, 0) is 63.7 Å². The lowest BCUT2D eigenvalue weighted by molar-refractivity contribution is 0.821. The van der Waals surface area contributed by atoms with E-state index in [1.807, 2.05) is 0 Å². The second kappa shape index (κ2) is 4.62. The molecule has 79 valence electrons. The molecule has 0 bridgehead atoms. The summed E-state index contributed by atoms with van der Waals surface area (Å²) in [4.78, 5) is 0. The lowest BCUT2D eigenvalue weighted by Crippen LogP contribution is -2.00. The fraction of sp³-hybridized carbons (Fsp3) is 0.615. The maximum absolute atomic E-state index is 2.46. The van der Waals surface area contributed by atoms with E-state index in [1.54, 1.807) is 11.1 Å². The van der Waals surface area contributed by atoms with E-state index in [-0.39, 0.29) is 7.92 Å². The minimum Gasteiger partial charge on any atom is -0.113 e. The molecule has 0 aromatic carbocycles. The largest absolute Gasteiger partial charge is 0.113 e. The average Bonchev–Trinajstić information content (AvgIpc) is 2.29. The summed E-state index contributed by atoms with van der Waals surface area (Å²) in [6.07, 6.45) is 3.73. The van der Waals surface area contributed by atoms with Gasteiger partial charge in [-0.15, -0.1) is 7.92 Å². The van der Waals surface area contributed by atoms with Gasteiger partial charge in [0.2, 0.25) is 0 Å². The van der Waals surface area contributed by atoms with Crippen molar-refractivity contribution in [3.63, 3.8) is 0 Å². The quantitative estimate of drug-likeness (QED) is 0.610. The van der Waals surface area contributed by atoms with Gasteiger partial charge in [0.15, 0.2) is 0 Å². The lowest BCUT2D eigenvalue weighted by Gasteiger charge is -2.13. The van der Waals surface area contributed by atoms with Gasteiger partial charge in [0, 0.05) is 0 Å². The zero-order chi connectivity index (χ0) is 10.9. The van der Waals surface area contributed by atoms with E-state index < -0.39 is 0 Å². The van der Waals surface area contributed by atoms with Gasteiger partial charge in [-0.2, -0.15) is 0 Å². The SMILES string of the molecule is CC1=C(C)C(C)C([CH]CP(C)C)=C1C. The average molecular weight is 209 g/mol. The molecule has 0 fully saturated rings. The monoisotopic (exact) mass is 209 g/mol. The fourth-order valence-electron chi connectivity index (χ4n) is 2.01. The number of rotatable bonds is 3. The second-order valence-electron chi connectivity index (χ2n) is 4.58. The van der Waals surface area contributed by atoms with Gasteiger partial charge in [-0.25, -0.2) is 0 Å². The molecule has 1 aliphatic rings. The Labute approximate surface area is 90.2 Å². The van der Waals surface area contributed by atoms with Crippen LogP contribution in [-0.2, 0) is 0 Å². The summed E-state index contributed by atoms with van der Waals surface area (Å²) < 4.78 is 0. The molecule has 0 aromatic heterocycles. The van der Waals surface area contributed by atoms with Crippen molar-refractivity contribution in [2.75, 3.05) is 19.5 Å². The Morgan fingerprint density at radius 1 is 1.14 bits per heavy atom. The van der Waals surface area contributed by atoms with Crippen molar-refractivity contribution < 1.29 is 0 Å². The first kappa shape index (κ1) is 12.0. The predicted molar refractivity (Wildman–Crippen MR) is 68.2 cm³/mol. The normalized spacial score (nSPS) is 22.9. The highest BCUT2D eigenvalue weighted by atomic mass is 31.1. The highest BCUT2D eigenvalue weighted by Crippen LogP contribution is 2.39. The zero-order valence-electron chi connectivity index (χ0n) is 10.3. The Kier molecular flexibility index (Phi) is 3.95. The molecule has 0 aromatic rings. The standard InChI is InChI=1S/C13H22P/c1-9-10(2)12(4)13(11(9)3)7-8-14(5)6/h7,11H,8H2,1-6H3. The molecule has 1 rings (SSSR count). The van der Waals surface area contributed by atoms with Crippen molar-refractivity contribution in [1.82, 2.24) is 0 Å². The van der Waals surface area contributed by atoms with E-state index in [2.05, 4.69) is 47.4 Å². The highest BCUT2D eigenvalue weighted by molar-refractivity contribution is 7.56. The van der Waals surface area contributed by atoms with Crippen molar-refractivity contribution in [3.05, 3.63) is 28.7 Å². The number of hydrogen-bond donors (Lipinski definition) is 0. The molecule has 0 nitrogen and oxygen atoms in total. The molecule has 1 heteroatoms. The second-order valence-corrected chi connectivity index (χ2v) is 7.10. The third kappa shape index (κ3) is 2.28. The van der Waals surface area contributed by atoms with Gasteiger partial charge >= 0.3 is 0 Å². The van der Waals surface area contributed by atoms with Crippen LogP contribution in [0.1, 0.15) is 27.7 Å². The Morgan fingerprint density at radius 3 is 2.07 bits per heavy atom. The Balaban J connectivity index is 2.73. The first-order chi connectivity index (χ1) is 6.45. The van der Waals surface area contributed by atoms with E-state index in [4.69, 9.17) is 0 Å². The Hall–Kier alpha value is -0.0900. The van der Waals surface area contributed by atoms with Crippen LogP contribution in [0.5, 0.6) is 0 Å². The summed E-state index contributed by atoms with van der Waals surface area (Å²) >= 11 is 0. The van der Waals surface area contributed by atoms with Crippen LogP contribution < -0.4 is 0 Å². The molecule has 1 atom stereocenters. The highest BCUT2D eigenvalue weighted by Gasteiger charge is 2.22. The number of hydrogen-bond acceptors (Lipinski definition) is 0. The van der Waals surface area contributed by atoms with Gasteiger partial charge < -0.3 is 0 Å². The molecule has 0 N–H and O–H groups in total. The van der Waals surface area contributed by atoms with E-state index in [0.29, 0.717) is 5.92 Å². The third-order valence-electron chi connectivity index (χ3n) is 3.38. The van der Waals surface area contributed by atoms with Gasteiger partial charge in [0.25, 0.3) is 0 Å². The molecule has 0 saturated carbocycles. The van der Waals surface area contributed by atoms with Crippen LogP contribution in [0.4, 0.5) is 0 Å². The van der Waals surface area contributed by atoms with Gasteiger partial charge in [0.05, 0.1) is 0 Å². The summed E-state index contributed by atoms with van der Waals surface area (Å²) in [5, 5.41) is 0. The van der Waals surface area contributed by atoms with E-state index in [9.17, 15) is 0 Å². The van der Waals surface area contributed by atoms with Gasteiger partial charge in [-0.1, -0.05) is 18.1 Å². The van der Waals surface area contributed by atoms with Crippen LogP contribution in [-0.4, -0.2) is 19.5 Å². The zero-order valence-corrected chi connectivity index (χ0v) is 11.2. The third-order valence-corrected chi connectivity index (χ3v) is 4.29. The molecule has 0 spiro atoms. The van der Waals surface area contributed by atoms with Crippen molar-refractivity contribution >= 4 is 7.92 Å². The van der Waals surface area contributed by atoms with E-state index in [0.717, 1.165) is 0 Å². The summed E-state index contributed by atoms with van der Waals surface area (Å²) in [6.45, 7) is 13.8. The first-order valence-corrected chi connectivity index (χ1v) is 7.73. The fourth-order valence-corrected chi connectivity index (χ4v) is 2.57. The summed E-state index contributed by atoms with van der Waals surface area (Å²) in [5.74, 6) is 0.657. The van der Waals surface area contributed by atoms with Crippen LogP contribution in [0.2, 0.25) is 0 Å². The first-order valence-electron chi connectivity index (χ1n) is 5.31. The molecular formula is C13H22P. The minimum absolute atomic E-state index is 0.208. The maximum Gasteiger partial charge on any atom is -0.000943 e. The topological polar surface area (TPSA) is 0 Å². The summed E-state index contributed by atoms with van der Waals surface area (Å²) in [5.41, 5.74) is 6.17. The molecule has 1 radical (unpaired) electrons. The van der Waals surface area contributed by atoms with Crippen LogP contribution in [0.15, 0.2) is 22.3 Å². The Bertz CT molecular complexity index is 282. The van der Waals surface area contributed by atoms with Crippen molar-refractivity contribution in [2.45, 2.75) is 27.7 Å². The molecule has 0 amide bonds. The molecule has 0 saturated heterocycles. The summed E-state index contributed by atoms with van der Waals surface area (Å²) in [6, 6.07) is 0. The molecule has 0 aliphatic heterocycles. The van der Waals surface area contributed by atoms with E-state index >= 15 is 0 Å². The maximum atomic E-state index is 2.46. The Morgan fingerprint density at radius 2 is 1.71 bits per heavy atom. The smallest absolute Gasteiger partial charge is 0.000943 e. The molecule has 14 heavy (non-hydrogen) atoms. The molecule has 1 unspecified atom stereocenters. The van der Waals surface area contributed by atoms with E-state index in [1.165, 1.54) is 17.3 Å². The predicted octanol–water partition coefficient (Wildman–Crippen LogP) is 4.23. The van der Waals surface area contributed by atoms with Gasteiger partial charge in [0.1, 0.15) is 0 Å². The van der Waals surface area contributed by atoms with Gasteiger partial charge in [-0.3, -0.25) is 0 Å². The van der Waals surface area contributed by atoms with Crippen LogP contribution in [0.3, 0.4) is 0 Å².